The maximum absolute atomic E-state index is 12.7. The number of benzene rings is 3. The zero-order valence-corrected chi connectivity index (χ0v) is 15.7. The highest BCUT2D eigenvalue weighted by Crippen LogP contribution is 2.28. The number of para-hydroxylation sites is 2. The van der Waals surface area contributed by atoms with E-state index < -0.39 is 12.1 Å². The molecule has 0 saturated carbocycles. The van der Waals surface area contributed by atoms with E-state index in [2.05, 4.69) is 10.2 Å². The van der Waals surface area contributed by atoms with Crippen LogP contribution in [-0.4, -0.2) is 16.2 Å². The Balaban J connectivity index is 1.49. The van der Waals surface area contributed by atoms with Gasteiger partial charge in [0, 0.05) is 5.56 Å². The molecule has 0 aliphatic carbocycles. The van der Waals surface area contributed by atoms with Gasteiger partial charge in [0.25, 0.3) is 5.89 Å². The molecule has 4 aromatic rings. The zero-order chi connectivity index (χ0) is 20.1. The van der Waals surface area contributed by atoms with Crippen LogP contribution in [0.15, 0.2) is 89.3 Å². The van der Waals surface area contributed by atoms with Crippen LogP contribution in [0.3, 0.4) is 0 Å². The second-order valence-electron chi connectivity index (χ2n) is 6.27. The van der Waals surface area contributed by atoms with Gasteiger partial charge in [-0.1, -0.05) is 48.5 Å². The van der Waals surface area contributed by atoms with E-state index in [0.717, 1.165) is 5.56 Å². The third kappa shape index (κ3) is 4.32. The first-order valence-electron chi connectivity index (χ1n) is 9.12. The van der Waals surface area contributed by atoms with E-state index in [1.54, 1.807) is 31.2 Å². The van der Waals surface area contributed by atoms with Crippen LogP contribution in [-0.2, 0) is 4.74 Å². The predicted molar refractivity (Wildman–Crippen MR) is 107 cm³/mol. The SMILES string of the molecule is C[C@H](OC(=O)c1ccccc1Oc1ccccc1)c1nnc(-c2ccccc2)o1. The van der Waals surface area contributed by atoms with Crippen molar-refractivity contribution in [2.75, 3.05) is 0 Å². The topological polar surface area (TPSA) is 74.5 Å². The van der Waals surface area contributed by atoms with E-state index in [9.17, 15) is 4.79 Å². The molecule has 4 rings (SSSR count). The Bertz CT molecular complexity index is 1090. The Hall–Kier alpha value is -3.93. The summed E-state index contributed by atoms with van der Waals surface area (Å²) in [7, 11) is 0. The van der Waals surface area contributed by atoms with Crippen LogP contribution >= 0.6 is 0 Å². The molecule has 0 saturated heterocycles. The molecule has 1 heterocycles. The van der Waals surface area contributed by atoms with Gasteiger partial charge in [0.15, 0.2) is 6.10 Å². The lowest BCUT2D eigenvalue weighted by Crippen LogP contribution is -2.10. The first-order valence-corrected chi connectivity index (χ1v) is 9.12. The standard InChI is InChI=1S/C23H18N2O4/c1-16(21-24-25-22(29-21)17-10-4-2-5-11-17)27-23(26)19-14-8-9-15-20(19)28-18-12-6-3-7-13-18/h2-16H,1H3/t16-/m0/s1. The molecule has 0 aliphatic heterocycles. The molecule has 0 radical (unpaired) electrons. The van der Waals surface area contributed by atoms with Gasteiger partial charge in [-0.05, 0) is 43.3 Å². The minimum Gasteiger partial charge on any atom is -0.456 e. The minimum atomic E-state index is -0.711. The van der Waals surface area contributed by atoms with Crippen molar-refractivity contribution in [3.63, 3.8) is 0 Å². The molecule has 1 aromatic heterocycles. The average molecular weight is 386 g/mol. The number of rotatable bonds is 6. The van der Waals surface area contributed by atoms with Crippen molar-refractivity contribution in [2.45, 2.75) is 13.0 Å². The van der Waals surface area contributed by atoms with Crippen LogP contribution in [0, 0.1) is 0 Å². The lowest BCUT2D eigenvalue weighted by atomic mass is 10.2. The quantitative estimate of drug-likeness (QED) is 0.410. The van der Waals surface area contributed by atoms with Gasteiger partial charge in [-0.15, -0.1) is 10.2 Å². The molecule has 0 aliphatic rings. The highest BCUT2D eigenvalue weighted by Gasteiger charge is 2.22. The molecule has 6 nitrogen and oxygen atoms in total. The number of carbonyl (C=O) groups is 1. The highest BCUT2D eigenvalue weighted by atomic mass is 16.6. The van der Waals surface area contributed by atoms with E-state index in [0.29, 0.717) is 23.0 Å². The summed E-state index contributed by atoms with van der Waals surface area (Å²) in [6.07, 6.45) is -0.711. The lowest BCUT2D eigenvalue weighted by molar-refractivity contribution is 0.0277. The van der Waals surface area contributed by atoms with E-state index in [1.807, 2.05) is 60.7 Å². The van der Waals surface area contributed by atoms with Gasteiger partial charge in [-0.25, -0.2) is 4.79 Å². The summed E-state index contributed by atoms with van der Waals surface area (Å²) >= 11 is 0. The maximum atomic E-state index is 12.7. The van der Waals surface area contributed by atoms with Crippen LogP contribution in [0.2, 0.25) is 0 Å². The second kappa shape index (κ2) is 8.39. The van der Waals surface area contributed by atoms with E-state index >= 15 is 0 Å². The van der Waals surface area contributed by atoms with Crippen LogP contribution in [0.4, 0.5) is 0 Å². The average Bonchev–Trinajstić information content (AvgIpc) is 3.26. The number of hydrogen-bond acceptors (Lipinski definition) is 6. The van der Waals surface area contributed by atoms with E-state index in [1.165, 1.54) is 0 Å². The molecule has 0 spiro atoms. The van der Waals surface area contributed by atoms with Crippen LogP contribution in [0.1, 0.15) is 29.3 Å². The molecule has 1 atom stereocenters. The fourth-order valence-electron chi connectivity index (χ4n) is 2.71. The predicted octanol–water partition coefficient (Wildman–Crippen LogP) is 5.45. The number of nitrogens with zero attached hydrogens (tertiary/aromatic N) is 2. The summed E-state index contributed by atoms with van der Waals surface area (Å²) in [6, 6.07) is 25.5. The number of carbonyl (C=O) groups excluding carboxylic acids is 1. The molecule has 0 fully saturated rings. The Labute approximate surface area is 167 Å². The van der Waals surface area contributed by atoms with E-state index in [-0.39, 0.29) is 5.89 Å². The molecule has 0 unspecified atom stereocenters. The Morgan fingerprint density at radius 1 is 0.862 bits per heavy atom. The van der Waals surface area contributed by atoms with Crippen molar-refractivity contribution in [3.8, 4) is 23.0 Å². The second-order valence-corrected chi connectivity index (χ2v) is 6.27. The van der Waals surface area contributed by atoms with Gasteiger partial charge in [-0.3, -0.25) is 0 Å². The van der Waals surface area contributed by atoms with Crippen LogP contribution < -0.4 is 4.74 Å². The van der Waals surface area contributed by atoms with Gasteiger partial charge < -0.3 is 13.9 Å². The third-order valence-electron chi connectivity index (χ3n) is 4.17. The summed E-state index contributed by atoms with van der Waals surface area (Å²) in [5, 5.41) is 8.03. The van der Waals surface area contributed by atoms with E-state index in [4.69, 9.17) is 13.9 Å². The first-order chi connectivity index (χ1) is 14.2. The van der Waals surface area contributed by atoms with Crippen molar-refractivity contribution in [2.24, 2.45) is 0 Å². The van der Waals surface area contributed by atoms with Gasteiger partial charge in [0.2, 0.25) is 5.89 Å². The molecule has 3 aromatic carbocycles. The molecule has 0 amide bonds. The smallest absolute Gasteiger partial charge is 0.342 e. The summed E-state index contributed by atoms with van der Waals surface area (Å²) < 4.78 is 17.0. The fourth-order valence-corrected chi connectivity index (χ4v) is 2.71. The maximum Gasteiger partial charge on any atom is 0.342 e. The van der Waals surface area contributed by atoms with Crippen molar-refractivity contribution in [3.05, 3.63) is 96.4 Å². The number of ether oxygens (including phenoxy) is 2. The molecular weight excluding hydrogens is 368 g/mol. The minimum absolute atomic E-state index is 0.221. The van der Waals surface area contributed by atoms with Gasteiger partial charge in [0.05, 0.1) is 0 Å². The number of aromatic nitrogens is 2. The zero-order valence-electron chi connectivity index (χ0n) is 15.7. The summed E-state index contributed by atoms with van der Waals surface area (Å²) in [6.45, 7) is 1.68. The summed E-state index contributed by atoms with van der Waals surface area (Å²) in [5.74, 6) is 1.09. The van der Waals surface area contributed by atoms with Crippen molar-refractivity contribution in [1.82, 2.24) is 10.2 Å². The summed E-state index contributed by atoms with van der Waals surface area (Å²) in [4.78, 5) is 12.7. The fraction of sp³-hybridized carbons (Fsp3) is 0.0870. The Kier molecular flexibility index (Phi) is 5.33. The first kappa shape index (κ1) is 18.4. The highest BCUT2D eigenvalue weighted by molar-refractivity contribution is 5.92. The molecule has 29 heavy (non-hydrogen) atoms. The monoisotopic (exact) mass is 386 g/mol. The molecule has 0 bridgehead atoms. The Morgan fingerprint density at radius 2 is 1.52 bits per heavy atom. The number of esters is 1. The van der Waals surface area contributed by atoms with Gasteiger partial charge in [-0.2, -0.15) is 0 Å². The lowest BCUT2D eigenvalue weighted by Gasteiger charge is -2.13. The number of hydrogen-bond donors (Lipinski definition) is 0. The van der Waals surface area contributed by atoms with Crippen LogP contribution in [0.5, 0.6) is 11.5 Å². The van der Waals surface area contributed by atoms with Gasteiger partial charge in [0.1, 0.15) is 17.1 Å². The van der Waals surface area contributed by atoms with Crippen LogP contribution in [0.25, 0.3) is 11.5 Å². The molecular formula is C23H18N2O4. The van der Waals surface area contributed by atoms with Crippen molar-refractivity contribution in [1.29, 1.82) is 0 Å². The summed E-state index contributed by atoms with van der Waals surface area (Å²) in [5.41, 5.74) is 1.11. The third-order valence-corrected chi connectivity index (χ3v) is 4.17. The molecule has 144 valence electrons. The molecule has 0 N–H and O–H groups in total. The molecule has 6 heteroatoms. The normalized spacial score (nSPS) is 11.6. The largest absolute Gasteiger partial charge is 0.456 e. The Morgan fingerprint density at radius 3 is 2.28 bits per heavy atom. The van der Waals surface area contributed by atoms with Gasteiger partial charge >= 0.3 is 5.97 Å². The van der Waals surface area contributed by atoms with Crippen molar-refractivity contribution < 1.29 is 18.7 Å². The van der Waals surface area contributed by atoms with Crippen molar-refractivity contribution >= 4 is 5.97 Å².